The summed E-state index contributed by atoms with van der Waals surface area (Å²) in [4.78, 5) is 16.8. The molecule has 0 unspecified atom stereocenters. The molecule has 152 valence electrons. The average molecular weight is 416 g/mol. The standard InChI is InChI=1S/C26H25NO2S/c1-4-29-25(28)20-8-6-5-7-19(20)11-9-18-10-12-23-22(17-18)21(13-14-26(23,2)3)24-27-15-16-30-24/h5-13,15-17H,4,14H2,1-3H3. The summed E-state index contributed by atoms with van der Waals surface area (Å²) in [6.45, 7) is 6.75. The second-order valence-electron chi connectivity index (χ2n) is 7.99. The molecule has 0 saturated carbocycles. The van der Waals surface area contributed by atoms with Crippen LogP contribution in [0.5, 0.6) is 0 Å². The summed E-state index contributed by atoms with van der Waals surface area (Å²) < 4.78 is 5.19. The first-order chi connectivity index (χ1) is 14.5. The summed E-state index contributed by atoms with van der Waals surface area (Å²) in [5.41, 5.74) is 6.41. The first kappa shape index (κ1) is 20.3. The predicted molar refractivity (Wildman–Crippen MR) is 125 cm³/mol. The monoisotopic (exact) mass is 415 g/mol. The molecule has 0 saturated heterocycles. The Labute approximate surface area is 181 Å². The van der Waals surface area contributed by atoms with Crippen molar-refractivity contribution in [3.8, 4) is 0 Å². The van der Waals surface area contributed by atoms with Gasteiger partial charge in [-0.3, -0.25) is 0 Å². The van der Waals surface area contributed by atoms with Crippen molar-refractivity contribution in [2.45, 2.75) is 32.6 Å². The summed E-state index contributed by atoms with van der Waals surface area (Å²) in [5.74, 6) is -0.293. The van der Waals surface area contributed by atoms with Crippen LogP contribution in [0.1, 0.15) is 64.8 Å². The number of hydrogen-bond donors (Lipinski definition) is 0. The Hall–Kier alpha value is -2.98. The highest BCUT2D eigenvalue weighted by atomic mass is 32.1. The van der Waals surface area contributed by atoms with Crippen LogP contribution in [0, 0.1) is 0 Å². The maximum Gasteiger partial charge on any atom is 0.338 e. The fraction of sp³-hybridized carbons (Fsp3) is 0.231. The van der Waals surface area contributed by atoms with E-state index in [1.807, 2.05) is 42.8 Å². The third kappa shape index (κ3) is 4.01. The van der Waals surface area contributed by atoms with Gasteiger partial charge in [0.15, 0.2) is 0 Å². The van der Waals surface area contributed by atoms with Gasteiger partial charge in [0, 0.05) is 17.2 Å². The number of aromatic nitrogens is 1. The molecule has 0 fully saturated rings. The molecule has 30 heavy (non-hydrogen) atoms. The summed E-state index contributed by atoms with van der Waals surface area (Å²) in [6, 6.07) is 14.1. The molecule has 1 heterocycles. The lowest BCUT2D eigenvalue weighted by molar-refractivity contribution is 0.0526. The number of esters is 1. The number of benzene rings is 2. The molecule has 1 aliphatic rings. The van der Waals surface area contributed by atoms with Crippen LogP contribution in [0.25, 0.3) is 17.7 Å². The lowest BCUT2D eigenvalue weighted by Gasteiger charge is -2.31. The zero-order valence-electron chi connectivity index (χ0n) is 17.5. The van der Waals surface area contributed by atoms with E-state index < -0.39 is 0 Å². The Morgan fingerprint density at radius 3 is 2.80 bits per heavy atom. The van der Waals surface area contributed by atoms with E-state index in [1.165, 1.54) is 16.7 Å². The topological polar surface area (TPSA) is 39.2 Å². The number of carbonyl (C=O) groups excluding carboxylic acids is 1. The van der Waals surface area contributed by atoms with Crippen LogP contribution in [0.2, 0.25) is 0 Å². The fourth-order valence-corrected chi connectivity index (χ4v) is 4.53. The molecule has 4 rings (SSSR count). The van der Waals surface area contributed by atoms with Crippen molar-refractivity contribution in [2.24, 2.45) is 0 Å². The summed E-state index contributed by atoms with van der Waals surface area (Å²) >= 11 is 1.67. The highest BCUT2D eigenvalue weighted by Crippen LogP contribution is 2.42. The number of rotatable bonds is 5. The van der Waals surface area contributed by atoms with Crippen LogP contribution >= 0.6 is 11.3 Å². The third-order valence-corrected chi connectivity index (χ3v) is 6.26. The highest BCUT2D eigenvalue weighted by Gasteiger charge is 2.29. The van der Waals surface area contributed by atoms with E-state index in [2.05, 4.69) is 49.2 Å². The average Bonchev–Trinajstić information content (AvgIpc) is 3.27. The first-order valence-electron chi connectivity index (χ1n) is 10.2. The minimum absolute atomic E-state index is 0.0921. The number of ether oxygens (including phenoxy) is 1. The van der Waals surface area contributed by atoms with Crippen molar-refractivity contribution >= 4 is 35.0 Å². The Bertz CT molecular complexity index is 1120. The number of carbonyl (C=O) groups is 1. The van der Waals surface area contributed by atoms with E-state index in [9.17, 15) is 4.79 Å². The van der Waals surface area contributed by atoms with E-state index in [4.69, 9.17) is 4.74 Å². The van der Waals surface area contributed by atoms with Gasteiger partial charge in [0.25, 0.3) is 0 Å². The summed E-state index contributed by atoms with van der Waals surface area (Å²) in [7, 11) is 0. The molecule has 0 N–H and O–H groups in total. The molecule has 0 spiro atoms. The van der Waals surface area contributed by atoms with Gasteiger partial charge in [0.05, 0.1) is 12.2 Å². The number of thiazole rings is 1. The van der Waals surface area contributed by atoms with Crippen LogP contribution in [0.4, 0.5) is 0 Å². The van der Waals surface area contributed by atoms with Crippen molar-refractivity contribution in [3.63, 3.8) is 0 Å². The number of fused-ring (bicyclic) bond motifs is 1. The molecule has 1 aromatic heterocycles. The summed E-state index contributed by atoms with van der Waals surface area (Å²) in [5, 5.41) is 3.08. The van der Waals surface area contributed by atoms with Gasteiger partial charge in [-0.05, 0) is 53.1 Å². The molecular formula is C26H25NO2S. The van der Waals surface area contributed by atoms with Gasteiger partial charge in [0.1, 0.15) is 5.01 Å². The number of hydrogen-bond acceptors (Lipinski definition) is 4. The molecule has 4 heteroatoms. The molecule has 2 aromatic carbocycles. The Kier molecular flexibility index (Phi) is 5.69. The van der Waals surface area contributed by atoms with Crippen LogP contribution in [0.3, 0.4) is 0 Å². The van der Waals surface area contributed by atoms with Gasteiger partial charge < -0.3 is 4.74 Å². The zero-order chi connectivity index (χ0) is 21.1. The molecule has 3 nitrogen and oxygen atoms in total. The van der Waals surface area contributed by atoms with Gasteiger partial charge in [-0.2, -0.15) is 0 Å². The third-order valence-electron chi connectivity index (χ3n) is 5.45. The Morgan fingerprint density at radius 2 is 2.03 bits per heavy atom. The molecule has 3 aromatic rings. The minimum atomic E-state index is -0.293. The van der Waals surface area contributed by atoms with Crippen LogP contribution in [0.15, 0.2) is 60.1 Å². The molecular weight excluding hydrogens is 390 g/mol. The van der Waals surface area contributed by atoms with Crippen molar-refractivity contribution in [1.29, 1.82) is 0 Å². The van der Waals surface area contributed by atoms with Crippen molar-refractivity contribution < 1.29 is 9.53 Å². The lowest BCUT2D eigenvalue weighted by Crippen LogP contribution is -2.21. The minimum Gasteiger partial charge on any atom is -0.462 e. The number of nitrogens with zero attached hydrogens (tertiary/aromatic N) is 1. The quantitative estimate of drug-likeness (QED) is 0.348. The smallest absolute Gasteiger partial charge is 0.338 e. The molecule has 1 aliphatic carbocycles. The molecule has 0 amide bonds. The van der Waals surface area contributed by atoms with E-state index in [1.54, 1.807) is 17.4 Å². The molecule has 0 radical (unpaired) electrons. The SMILES string of the molecule is CCOC(=O)c1ccccc1C=Cc1ccc2c(c1)C(c1nccs1)=CCC2(C)C. The lowest BCUT2D eigenvalue weighted by atomic mass is 9.73. The van der Waals surface area contributed by atoms with Crippen molar-refractivity contribution in [3.05, 3.63) is 92.9 Å². The van der Waals surface area contributed by atoms with Crippen LogP contribution in [-0.2, 0) is 10.2 Å². The van der Waals surface area contributed by atoms with Crippen molar-refractivity contribution in [1.82, 2.24) is 4.98 Å². The van der Waals surface area contributed by atoms with Crippen LogP contribution < -0.4 is 0 Å². The first-order valence-corrected chi connectivity index (χ1v) is 11.1. The largest absolute Gasteiger partial charge is 0.462 e. The van der Waals surface area contributed by atoms with Gasteiger partial charge in [-0.1, -0.05) is 62.4 Å². The maximum absolute atomic E-state index is 12.2. The van der Waals surface area contributed by atoms with Gasteiger partial charge in [-0.15, -0.1) is 11.3 Å². The van der Waals surface area contributed by atoms with E-state index in [0.29, 0.717) is 12.2 Å². The highest BCUT2D eigenvalue weighted by molar-refractivity contribution is 7.10. The van der Waals surface area contributed by atoms with Gasteiger partial charge >= 0.3 is 5.97 Å². The number of allylic oxidation sites excluding steroid dienone is 1. The van der Waals surface area contributed by atoms with E-state index >= 15 is 0 Å². The zero-order valence-corrected chi connectivity index (χ0v) is 18.3. The molecule has 0 atom stereocenters. The Morgan fingerprint density at radius 1 is 1.20 bits per heavy atom. The Balaban J connectivity index is 1.71. The van der Waals surface area contributed by atoms with Gasteiger partial charge in [-0.25, -0.2) is 9.78 Å². The molecule has 0 aliphatic heterocycles. The fourth-order valence-electron chi connectivity index (χ4n) is 3.84. The van der Waals surface area contributed by atoms with Crippen LogP contribution in [-0.4, -0.2) is 17.6 Å². The van der Waals surface area contributed by atoms with E-state index in [-0.39, 0.29) is 11.4 Å². The second-order valence-corrected chi connectivity index (χ2v) is 8.88. The second kappa shape index (κ2) is 8.41. The molecule has 0 bridgehead atoms. The summed E-state index contributed by atoms with van der Waals surface area (Å²) in [6.07, 6.45) is 9.20. The van der Waals surface area contributed by atoms with Crippen molar-refractivity contribution in [2.75, 3.05) is 6.61 Å². The predicted octanol–water partition coefficient (Wildman–Crippen LogP) is 6.60. The normalized spacial score (nSPS) is 15.0. The van der Waals surface area contributed by atoms with E-state index in [0.717, 1.165) is 22.6 Å². The van der Waals surface area contributed by atoms with Gasteiger partial charge in [0.2, 0.25) is 0 Å². The maximum atomic E-state index is 12.2.